The average molecular weight is 470 g/mol. The maximum Gasteiger partial charge on any atom is 0.253 e. The molecular weight excluding hydrogens is 445 g/mol. The quantitative estimate of drug-likeness (QED) is 0.591. The third-order valence-electron chi connectivity index (χ3n) is 7.57. The standard InChI is InChI=1S/C28H24FN3O3/c1-2-21-23-24(26(34)32(25(23)33)19-8-4-3-5-9-19)28(30-21)20-10-6-7-11-22(20)31(27(28)35)16-17-12-14-18(29)15-13-17/h3-15,21,23-24,30H,2,16H2,1H3. The zero-order valence-corrected chi connectivity index (χ0v) is 19.1. The number of benzene rings is 3. The summed E-state index contributed by atoms with van der Waals surface area (Å²) < 4.78 is 13.5. The van der Waals surface area contributed by atoms with Crippen LogP contribution in [0.3, 0.4) is 0 Å². The van der Waals surface area contributed by atoms with Gasteiger partial charge in [0.25, 0.3) is 5.91 Å². The van der Waals surface area contributed by atoms with Crippen LogP contribution in [0.1, 0.15) is 24.5 Å². The summed E-state index contributed by atoms with van der Waals surface area (Å²) in [5.41, 5.74) is 1.35. The minimum Gasteiger partial charge on any atom is -0.306 e. The van der Waals surface area contributed by atoms with Crippen molar-refractivity contribution in [3.63, 3.8) is 0 Å². The Labute approximate surface area is 202 Å². The van der Waals surface area contributed by atoms with Crippen LogP contribution in [0.25, 0.3) is 0 Å². The van der Waals surface area contributed by atoms with Crippen LogP contribution >= 0.6 is 0 Å². The number of rotatable bonds is 4. The van der Waals surface area contributed by atoms with Crippen LogP contribution in [-0.2, 0) is 26.5 Å². The second kappa shape index (κ2) is 7.85. The lowest BCUT2D eigenvalue weighted by molar-refractivity contribution is -0.132. The van der Waals surface area contributed by atoms with E-state index in [2.05, 4.69) is 5.32 Å². The number of hydrogen-bond acceptors (Lipinski definition) is 4. The van der Waals surface area contributed by atoms with Crippen molar-refractivity contribution >= 4 is 29.1 Å². The van der Waals surface area contributed by atoms with E-state index in [1.54, 1.807) is 41.3 Å². The maximum atomic E-state index is 14.3. The fourth-order valence-electron chi connectivity index (χ4n) is 6.06. The first-order valence-corrected chi connectivity index (χ1v) is 11.8. The molecule has 3 aliphatic heterocycles. The van der Waals surface area contributed by atoms with Crippen molar-refractivity contribution in [3.05, 3.63) is 95.8 Å². The summed E-state index contributed by atoms with van der Waals surface area (Å²) in [4.78, 5) is 44.7. The van der Waals surface area contributed by atoms with Gasteiger partial charge in [-0.1, -0.05) is 55.5 Å². The Morgan fingerprint density at radius 1 is 0.886 bits per heavy atom. The molecule has 35 heavy (non-hydrogen) atoms. The Bertz CT molecular complexity index is 1340. The Hall–Kier alpha value is -3.84. The molecule has 4 unspecified atom stereocenters. The minimum absolute atomic E-state index is 0.234. The van der Waals surface area contributed by atoms with E-state index in [1.165, 1.54) is 17.0 Å². The highest BCUT2D eigenvalue weighted by Gasteiger charge is 2.71. The molecule has 4 atom stereocenters. The fourth-order valence-corrected chi connectivity index (χ4v) is 6.06. The van der Waals surface area contributed by atoms with E-state index in [1.807, 2.05) is 37.3 Å². The minimum atomic E-state index is -1.34. The lowest BCUT2D eigenvalue weighted by Crippen LogP contribution is -2.55. The summed E-state index contributed by atoms with van der Waals surface area (Å²) in [6.07, 6.45) is 0.595. The first kappa shape index (κ1) is 21.7. The van der Waals surface area contributed by atoms with Gasteiger partial charge in [0.15, 0.2) is 0 Å². The van der Waals surface area contributed by atoms with Gasteiger partial charge in [-0.15, -0.1) is 0 Å². The molecule has 3 amide bonds. The molecule has 3 heterocycles. The summed E-state index contributed by atoms with van der Waals surface area (Å²) in [6, 6.07) is 22.0. The van der Waals surface area contributed by atoms with Crippen molar-refractivity contribution in [1.29, 1.82) is 0 Å². The Balaban J connectivity index is 1.48. The highest BCUT2D eigenvalue weighted by Crippen LogP contribution is 2.55. The van der Waals surface area contributed by atoms with Crippen molar-refractivity contribution in [2.24, 2.45) is 11.8 Å². The fraction of sp³-hybridized carbons (Fsp3) is 0.250. The molecule has 6 nitrogen and oxygen atoms in total. The van der Waals surface area contributed by atoms with Crippen molar-refractivity contribution in [2.45, 2.75) is 31.5 Å². The number of carbonyl (C=O) groups excluding carboxylic acids is 3. The van der Waals surface area contributed by atoms with Crippen molar-refractivity contribution in [3.8, 4) is 0 Å². The van der Waals surface area contributed by atoms with E-state index < -0.39 is 17.4 Å². The molecule has 3 aliphatic rings. The molecule has 0 aromatic heterocycles. The van der Waals surface area contributed by atoms with E-state index in [9.17, 15) is 18.8 Å². The van der Waals surface area contributed by atoms with Gasteiger partial charge in [-0.05, 0) is 42.3 Å². The molecule has 1 spiro atoms. The van der Waals surface area contributed by atoms with Crippen LogP contribution in [-0.4, -0.2) is 23.8 Å². The van der Waals surface area contributed by atoms with E-state index >= 15 is 0 Å². The van der Waals surface area contributed by atoms with Crippen molar-refractivity contribution in [1.82, 2.24) is 5.32 Å². The third-order valence-corrected chi connectivity index (χ3v) is 7.57. The number of nitrogens with zero attached hydrogens (tertiary/aromatic N) is 2. The molecule has 176 valence electrons. The number of amides is 3. The number of fused-ring (bicyclic) bond motifs is 4. The summed E-state index contributed by atoms with van der Waals surface area (Å²) in [5.74, 6) is -2.74. The highest BCUT2D eigenvalue weighted by molar-refractivity contribution is 6.26. The Kier molecular flexibility index (Phi) is 4.86. The van der Waals surface area contributed by atoms with Gasteiger partial charge in [0, 0.05) is 17.3 Å². The van der Waals surface area contributed by atoms with Crippen LogP contribution < -0.4 is 15.1 Å². The molecule has 3 aromatic carbocycles. The van der Waals surface area contributed by atoms with Crippen LogP contribution in [0.5, 0.6) is 0 Å². The summed E-state index contributed by atoms with van der Waals surface area (Å²) in [5, 5.41) is 3.46. The monoisotopic (exact) mass is 469 g/mol. The molecule has 1 N–H and O–H groups in total. The first-order valence-electron chi connectivity index (χ1n) is 11.8. The van der Waals surface area contributed by atoms with Crippen molar-refractivity contribution in [2.75, 3.05) is 9.80 Å². The lowest BCUT2D eigenvalue weighted by atomic mass is 9.76. The molecule has 6 rings (SSSR count). The van der Waals surface area contributed by atoms with Crippen molar-refractivity contribution < 1.29 is 18.8 Å². The molecular formula is C28H24FN3O3. The van der Waals surface area contributed by atoms with Crippen LogP contribution in [0.4, 0.5) is 15.8 Å². The highest BCUT2D eigenvalue weighted by atomic mass is 19.1. The molecule has 2 fully saturated rings. The molecule has 0 radical (unpaired) electrons. The third kappa shape index (κ3) is 2.94. The number of anilines is 2. The van der Waals surface area contributed by atoms with Gasteiger partial charge in [0.2, 0.25) is 11.8 Å². The Morgan fingerprint density at radius 2 is 1.57 bits per heavy atom. The topological polar surface area (TPSA) is 69.7 Å². The normalized spacial score (nSPS) is 27.1. The zero-order valence-electron chi connectivity index (χ0n) is 19.1. The van der Waals surface area contributed by atoms with Gasteiger partial charge in [-0.25, -0.2) is 9.29 Å². The number of imide groups is 1. The average Bonchev–Trinajstić information content (AvgIpc) is 3.45. The zero-order chi connectivity index (χ0) is 24.3. The lowest BCUT2D eigenvalue weighted by Gasteiger charge is -2.30. The van der Waals surface area contributed by atoms with Gasteiger partial charge in [0.1, 0.15) is 11.4 Å². The van der Waals surface area contributed by atoms with Gasteiger partial charge in [-0.3, -0.25) is 19.7 Å². The Morgan fingerprint density at radius 3 is 2.29 bits per heavy atom. The molecule has 0 aliphatic carbocycles. The largest absolute Gasteiger partial charge is 0.306 e. The number of halogens is 1. The predicted molar refractivity (Wildman–Crippen MR) is 129 cm³/mol. The van der Waals surface area contributed by atoms with Crippen LogP contribution in [0.2, 0.25) is 0 Å². The second-order valence-electron chi connectivity index (χ2n) is 9.35. The maximum absolute atomic E-state index is 14.3. The van der Waals surface area contributed by atoms with Crippen LogP contribution in [0, 0.1) is 17.7 Å². The van der Waals surface area contributed by atoms with E-state index in [0.717, 1.165) is 5.56 Å². The molecule has 3 aromatic rings. The number of nitrogens with one attached hydrogen (secondary N) is 1. The van der Waals surface area contributed by atoms with Gasteiger partial charge < -0.3 is 4.90 Å². The molecule has 0 saturated carbocycles. The first-order chi connectivity index (χ1) is 17.0. The SMILES string of the molecule is CCC1NC2(C(=O)N(Cc3ccc(F)cc3)c3ccccc32)C2C(=O)N(c3ccccc3)C(=O)C12. The molecule has 0 bridgehead atoms. The van der Waals surface area contributed by atoms with Crippen LogP contribution in [0.15, 0.2) is 78.9 Å². The smallest absolute Gasteiger partial charge is 0.253 e. The second-order valence-corrected chi connectivity index (χ2v) is 9.35. The number of hydrogen-bond donors (Lipinski definition) is 1. The predicted octanol–water partition coefficient (Wildman–Crippen LogP) is 3.76. The number of para-hydroxylation sites is 2. The van der Waals surface area contributed by atoms with E-state index in [-0.39, 0.29) is 36.1 Å². The summed E-state index contributed by atoms with van der Waals surface area (Å²) >= 11 is 0. The summed E-state index contributed by atoms with van der Waals surface area (Å²) in [6.45, 7) is 2.19. The molecule has 7 heteroatoms. The van der Waals surface area contributed by atoms with Gasteiger partial charge >= 0.3 is 0 Å². The van der Waals surface area contributed by atoms with Gasteiger partial charge in [-0.2, -0.15) is 0 Å². The van der Waals surface area contributed by atoms with Gasteiger partial charge in [0.05, 0.1) is 24.1 Å². The number of carbonyl (C=O) groups is 3. The summed E-state index contributed by atoms with van der Waals surface area (Å²) in [7, 11) is 0. The van der Waals surface area contributed by atoms with E-state index in [4.69, 9.17) is 0 Å². The molecule has 2 saturated heterocycles. The van der Waals surface area contributed by atoms with E-state index in [0.29, 0.717) is 23.4 Å².